The lowest BCUT2D eigenvalue weighted by atomic mass is 10.1. The Bertz CT molecular complexity index is 2370. The number of ether oxygens (including phenoxy) is 2. The average Bonchev–Trinajstić information content (AvgIpc) is 3.72. The molecule has 0 aliphatic heterocycles. The molecule has 0 aliphatic carbocycles. The summed E-state index contributed by atoms with van der Waals surface area (Å²) in [5.74, 6) is 0.793. The van der Waals surface area contributed by atoms with Gasteiger partial charge in [0.2, 0.25) is 11.9 Å². The molecule has 0 aliphatic rings. The Hall–Kier alpha value is -5.61. The number of aromatic nitrogens is 5. The van der Waals surface area contributed by atoms with Crippen molar-refractivity contribution in [3.63, 3.8) is 0 Å². The van der Waals surface area contributed by atoms with Gasteiger partial charge in [0.05, 0.1) is 38.5 Å². The van der Waals surface area contributed by atoms with Crippen LogP contribution in [0.4, 0.5) is 43.7 Å². The molecule has 0 amide bonds. The maximum atomic E-state index is 13.5. The predicted octanol–water partition coefficient (Wildman–Crippen LogP) is 9.22. The molecule has 0 spiro atoms. The van der Waals surface area contributed by atoms with Crippen molar-refractivity contribution in [1.82, 2.24) is 24.9 Å². The number of nitrogens with one attached hydrogen (secondary N) is 4. The number of anilines is 6. The minimum absolute atomic E-state index is 0.0117. The fourth-order valence-electron chi connectivity index (χ4n) is 4.99. The van der Waals surface area contributed by atoms with Gasteiger partial charge >= 0.3 is 0 Å². The van der Waals surface area contributed by atoms with Gasteiger partial charge in [-0.15, -0.1) is 11.3 Å². The first-order chi connectivity index (χ1) is 28.1. The van der Waals surface area contributed by atoms with Gasteiger partial charge in [0.1, 0.15) is 33.3 Å². The lowest BCUT2D eigenvalue weighted by Gasteiger charge is -2.12. The minimum Gasteiger partial charge on any atom is -0.389 e. The maximum absolute atomic E-state index is 13.5. The summed E-state index contributed by atoms with van der Waals surface area (Å²) in [5.41, 5.74) is 10.4. The smallest absolute Gasteiger partial charge is 0.229 e. The summed E-state index contributed by atoms with van der Waals surface area (Å²) in [6.45, 7) is 2.53. The van der Waals surface area contributed by atoms with Gasteiger partial charge < -0.3 is 36.5 Å². The first-order valence-corrected chi connectivity index (χ1v) is 19.5. The summed E-state index contributed by atoms with van der Waals surface area (Å²) in [5, 5.41) is 24.2. The molecule has 6 aromatic rings. The van der Waals surface area contributed by atoms with Gasteiger partial charge in [-0.2, -0.15) is 15.2 Å². The van der Waals surface area contributed by atoms with Crippen molar-refractivity contribution < 1.29 is 18.3 Å². The minimum atomic E-state index is -0.495. The van der Waals surface area contributed by atoms with E-state index in [0.717, 1.165) is 34.7 Å². The van der Waals surface area contributed by atoms with Crippen molar-refractivity contribution >= 4 is 86.7 Å². The zero-order valence-electron chi connectivity index (χ0n) is 31.2. The van der Waals surface area contributed by atoms with Crippen molar-refractivity contribution in [3.8, 4) is 27.9 Å². The molecule has 300 valence electrons. The molecule has 0 saturated heterocycles. The van der Waals surface area contributed by atoms with Crippen LogP contribution in [0.1, 0.15) is 24.0 Å². The Balaban J connectivity index is 0.000000235. The number of hydrogen-bond acceptors (Lipinski definition) is 14. The topological polar surface area (TPSA) is 181 Å². The number of thiazole rings is 1. The second-order valence-corrected chi connectivity index (χ2v) is 14.2. The Kier molecular flexibility index (Phi) is 16.3. The molecule has 3 aromatic heterocycles. The van der Waals surface area contributed by atoms with Crippen molar-refractivity contribution in [2.24, 2.45) is 5.73 Å². The molecule has 0 fully saturated rings. The van der Waals surface area contributed by atoms with E-state index >= 15 is 0 Å². The first kappa shape index (κ1) is 43.5. The van der Waals surface area contributed by atoms with Gasteiger partial charge in [-0.1, -0.05) is 47.6 Å². The monoisotopic (exact) mass is 863 g/mol. The third kappa shape index (κ3) is 12.4. The van der Waals surface area contributed by atoms with E-state index in [2.05, 4.69) is 47.3 Å². The number of thiocarbonyl (C=S) groups is 1. The number of nitriles is 1. The van der Waals surface area contributed by atoms with Crippen LogP contribution in [-0.2, 0) is 9.47 Å². The molecule has 0 saturated carbocycles. The number of benzene rings is 3. The Morgan fingerprint density at radius 1 is 0.810 bits per heavy atom. The van der Waals surface area contributed by atoms with E-state index in [1.54, 1.807) is 38.6 Å². The van der Waals surface area contributed by atoms with Crippen molar-refractivity contribution in [1.29, 1.82) is 5.26 Å². The summed E-state index contributed by atoms with van der Waals surface area (Å²) in [7, 11) is 3.30. The molecule has 13 nitrogen and oxygen atoms in total. The molecule has 19 heteroatoms. The fraction of sp³-hybridized carbons (Fsp3) is 0.205. The largest absolute Gasteiger partial charge is 0.389 e. The second-order valence-electron chi connectivity index (χ2n) is 12.1. The van der Waals surface area contributed by atoms with Gasteiger partial charge in [0, 0.05) is 75.2 Å². The number of rotatable bonds is 17. The van der Waals surface area contributed by atoms with E-state index in [1.165, 1.54) is 47.9 Å². The van der Waals surface area contributed by atoms with Crippen molar-refractivity contribution in [2.75, 3.05) is 61.8 Å². The zero-order valence-corrected chi connectivity index (χ0v) is 34.3. The standard InChI is InChI=1S/C24H20ClFN6OS.C15H17ClFN5OS/c1-33-10-2-9-28-22-18(13-29-24(32-22)30-17-7-8-20(26)19(25)11-17)23-31-21(14-34-23)16-5-3-15(12-27)4-6-16;1-23-6-2-5-19-14-10(13(18)24)8-20-15(22-14)21-9-3-4-12(17)11(16)7-9/h3-8,11,13-14H,2,9-10H2,1H3,(H2,28,29,30,32);3-4,7-8H,2,5-6H2,1H3,(H2,18,24)(H2,19,20,21,22). The SMILES string of the molecule is COCCCNc1nc(Nc2ccc(F)c(Cl)c2)ncc1-c1nc(-c2ccc(C#N)cc2)cs1.COCCCNc1nc(Nc2ccc(F)c(Cl)c2)ncc1C(N)=S. The van der Waals surface area contributed by atoms with E-state index in [1.807, 2.05) is 17.5 Å². The molecule has 6 N–H and O–H groups in total. The van der Waals surface area contributed by atoms with E-state index < -0.39 is 11.6 Å². The molecule has 0 radical (unpaired) electrons. The third-order valence-corrected chi connectivity index (χ3v) is 9.55. The molecule has 3 aromatic carbocycles. The maximum Gasteiger partial charge on any atom is 0.229 e. The predicted molar refractivity (Wildman–Crippen MR) is 231 cm³/mol. The summed E-state index contributed by atoms with van der Waals surface area (Å²) < 4.78 is 36.8. The average molecular weight is 865 g/mol. The van der Waals surface area contributed by atoms with Gasteiger partial charge in [0.15, 0.2) is 0 Å². The highest BCUT2D eigenvalue weighted by molar-refractivity contribution is 7.80. The van der Waals surface area contributed by atoms with Crippen molar-refractivity contribution in [2.45, 2.75) is 12.8 Å². The van der Waals surface area contributed by atoms with E-state index in [9.17, 15) is 8.78 Å². The van der Waals surface area contributed by atoms with Gasteiger partial charge in [-0.3, -0.25) is 0 Å². The summed E-state index contributed by atoms with van der Waals surface area (Å²) in [6, 6.07) is 18.0. The lowest BCUT2D eigenvalue weighted by molar-refractivity contribution is 0.197. The highest BCUT2D eigenvalue weighted by Gasteiger charge is 2.15. The molecule has 3 heterocycles. The molecular formula is C39H37Cl2F2N11O2S2. The van der Waals surface area contributed by atoms with Crippen LogP contribution in [-0.4, -0.2) is 70.4 Å². The van der Waals surface area contributed by atoms with Crippen LogP contribution < -0.4 is 27.0 Å². The van der Waals surface area contributed by atoms with E-state index in [0.29, 0.717) is 72.3 Å². The molecule has 0 unspecified atom stereocenters. The second kappa shape index (κ2) is 21.8. The normalized spacial score (nSPS) is 10.6. The Morgan fingerprint density at radius 3 is 1.90 bits per heavy atom. The van der Waals surface area contributed by atoms with Crippen LogP contribution in [0, 0.1) is 23.0 Å². The number of hydrogen-bond donors (Lipinski definition) is 5. The van der Waals surface area contributed by atoms with Crippen LogP contribution in [0.2, 0.25) is 10.0 Å². The zero-order chi connectivity index (χ0) is 41.4. The van der Waals surface area contributed by atoms with Gasteiger partial charge in [-0.25, -0.2) is 23.7 Å². The quantitative estimate of drug-likeness (QED) is 0.0432. The number of nitrogens with zero attached hydrogens (tertiary/aromatic N) is 6. The van der Waals surface area contributed by atoms with Crippen LogP contribution in [0.15, 0.2) is 78.4 Å². The van der Waals surface area contributed by atoms with Crippen molar-refractivity contribution in [3.05, 3.63) is 111 Å². The first-order valence-electron chi connectivity index (χ1n) is 17.5. The van der Waals surface area contributed by atoms with E-state index in [4.69, 9.17) is 60.9 Å². The van der Waals surface area contributed by atoms with Gasteiger partial charge in [-0.05, 0) is 61.4 Å². The van der Waals surface area contributed by atoms with Gasteiger partial charge in [0.25, 0.3) is 0 Å². The molecule has 58 heavy (non-hydrogen) atoms. The molecular weight excluding hydrogens is 828 g/mol. The Labute approximate surface area is 353 Å². The molecule has 0 atom stereocenters. The molecule has 6 rings (SSSR count). The number of methoxy groups -OCH3 is 2. The fourth-order valence-corrected chi connectivity index (χ4v) is 6.34. The summed E-state index contributed by atoms with van der Waals surface area (Å²) >= 11 is 18.1. The van der Waals surface area contributed by atoms with Crippen LogP contribution in [0.5, 0.6) is 0 Å². The van der Waals surface area contributed by atoms with Crippen LogP contribution >= 0.6 is 46.8 Å². The summed E-state index contributed by atoms with van der Waals surface area (Å²) in [6.07, 6.45) is 4.82. The third-order valence-electron chi connectivity index (χ3n) is 7.87. The highest BCUT2D eigenvalue weighted by Crippen LogP contribution is 2.33. The van der Waals surface area contributed by atoms with Crippen LogP contribution in [0.3, 0.4) is 0 Å². The number of nitrogens with two attached hydrogens (primary N) is 1. The highest BCUT2D eigenvalue weighted by atomic mass is 35.5. The Morgan fingerprint density at radius 2 is 1.36 bits per heavy atom. The molecule has 0 bridgehead atoms. The lowest BCUT2D eigenvalue weighted by Crippen LogP contribution is -2.17. The summed E-state index contributed by atoms with van der Waals surface area (Å²) in [4.78, 5) is 22.5. The van der Waals surface area contributed by atoms with E-state index in [-0.39, 0.29) is 15.0 Å². The van der Waals surface area contributed by atoms with Crippen LogP contribution in [0.25, 0.3) is 21.8 Å². The number of halogens is 4.